The summed E-state index contributed by atoms with van der Waals surface area (Å²) in [6, 6.07) is 0.647. The van der Waals surface area contributed by atoms with Gasteiger partial charge in [0, 0.05) is 44.7 Å². The Labute approximate surface area is 319 Å². The molecule has 2 aliphatic carbocycles. The smallest absolute Gasteiger partial charge is 0.239 e. The molecular formula is C37H48N16O2. The maximum absolute atomic E-state index is 12.3. The van der Waals surface area contributed by atoms with E-state index in [9.17, 15) is 9.59 Å². The lowest BCUT2D eigenvalue weighted by molar-refractivity contribution is -0.121. The number of fused-ring (bicyclic) bond motifs is 6. The highest BCUT2D eigenvalue weighted by atomic mass is 16.2. The highest BCUT2D eigenvalue weighted by Gasteiger charge is 2.43. The lowest BCUT2D eigenvalue weighted by Gasteiger charge is -2.41. The summed E-state index contributed by atoms with van der Waals surface area (Å²) in [6.07, 6.45) is 15.7. The van der Waals surface area contributed by atoms with Gasteiger partial charge >= 0.3 is 0 Å². The van der Waals surface area contributed by atoms with Gasteiger partial charge in [0.05, 0.1) is 37.6 Å². The molecular weight excluding hydrogens is 701 g/mol. The number of hydrogen-bond acceptors (Lipinski definition) is 14. The molecule has 8 heterocycles. The molecule has 2 N–H and O–H groups in total. The van der Waals surface area contributed by atoms with Crippen LogP contribution in [-0.2, 0) is 16.0 Å². The Bertz CT molecular complexity index is 2110. The zero-order valence-electron chi connectivity index (χ0n) is 31.5. The zero-order chi connectivity index (χ0) is 37.2. The minimum absolute atomic E-state index is 0.00286. The predicted octanol–water partition coefficient (Wildman–Crippen LogP) is 2.20. The van der Waals surface area contributed by atoms with Crippen molar-refractivity contribution in [1.82, 2.24) is 60.1 Å². The van der Waals surface area contributed by atoms with Crippen molar-refractivity contribution in [1.29, 1.82) is 0 Å². The standard InChI is InChI=1S/C37H48N16O2/c1-3-25-34-46-42-21-50(34)27-17-40-36(48-13-11-38-30(54)19-48)43-32(27)52(25)24-10-9-22(15-24)16-29-45-47-35-26(4-2)51(23-7-5-6-8-23)33-28(53(29)35)18-41-37(44-33)49-14-12-39-31(55)20-49/h17-18,21-26H,3-16,19-20H2,1-2H3,(H,38,54)(H,39,55). The molecule has 288 valence electrons. The Balaban J connectivity index is 0.963. The average molecular weight is 749 g/mol. The van der Waals surface area contributed by atoms with E-state index >= 15 is 0 Å². The molecule has 4 aliphatic heterocycles. The Morgan fingerprint density at radius 3 is 2.04 bits per heavy atom. The van der Waals surface area contributed by atoms with Crippen molar-refractivity contribution in [2.24, 2.45) is 5.92 Å². The van der Waals surface area contributed by atoms with Crippen LogP contribution in [0, 0.1) is 5.92 Å². The van der Waals surface area contributed by atoms with Crippen molar-refractivity contribution in [3.05, 3.63) is 36.2 Å². The first-order valence-corrected chi connectivity index (χ1v) is 20.2. The fourth-order valence-electron chi connectivity index (χ4n) is 10.0. The lowest BCUT2D eigenvalue weighted by Crippen LogP contribution is -2.48. The molecule has 4 atom stereocenters. The highest BCUT2D eigenvalue weighted by molar-refractivity contribution is 5.82. The van der Waals surface area contributed by atoms with Crippen LogP contribution in [0.25, 0.3) is 11.4 Å². The predicted molar refractivity (Wildman–Crippen MR) is 202 cm³/mol. The fraction of sp³-hybridized carbons (Fsp3) is 0.622. The summed E-state index contributed by atoms with van der Waals surface area (Å²) in [7, 11) is 0. The molecule has 4 unspecified atom stereocenters. The molecule has 0 aromatic carbocycles. The summed E-state index contributed by atoms with van der Waals surface area (Å²) in [5.74, 6) is 6.11. The molecule has 18 nitrogen and oxygen atoms in total. The first-order chi connectivity index (χ1) is 27.0. The van der Waals surface area contributed by atoms with Crippen LogP contribution in [0.5, 0.6) is 0 Å². The molecule has 6 aliphatic rings. The monoisotopic (exact) mass is 748 g/mol. The van der Waals surface area contributed by atoms with E-state index in [1.807, 2.05) is 26.8 Å². The Kier molecular flexibility index (Phi) is 8.50. The van der Waals surface area contributed by atoms with Gasteiger partial charge < -0.3 is 30.2 Å². The van der Waals surface area contributed by atoms with Crippen molar-refractivity contribution < 1.29 is 9.59 Å². The van der Waals surface area contributed by atoms with E-state index in [0.717, 1.165) is 91.9 Å². The molecule has 4 aromatic heterocycles. The SMILES string of the molecule is CCC1c2nncn2-c2cnc(N3CCNC(=O)C3)nc2N1C1CCC(Cc2nnc3n2-c2cnc(N4CCNC(=O)C4)nc2N(C2CCCC2)C3CC)C1. The normalized spacial score (nSPS) is 25.1. The van der Waals surface area contributed by atoms with E-state index < -0.39 is 0 Å². The summed E-state index contributed by atoms with van der Waals surface area (Å²) in [5.41, 5.74) is 1.79. The van der Waals surface area contributed by atoms with Crippen LogP contribution in [0.15, 0.2) is 18.7 Å². The minimum Gasteiger partial charge on any atom is -0.353 e. The molecule has 0 bridgehead atoms. The van der Waals surface area contributed by atoms with Gasteiger partial charge in [-0.1, -0.05) is 26.7 Å². The molecule has 10 rings (SSSR count). The van der Waals surface area contributed by atoms with Crippen LogP contribution in [0.1, 0.15) is 101 Å². The largest absolute Gasteiger partial charge is 0.353 e. The van der Waals surface area contributed by atoms with Crippen LogP contribution in [0.2, 0.25) is 0 Å². The number of amides is 2. The zero-order valence-corrected chi connectivity index (χ0v) is 31.5. The van der Waals surface area contributed by atoms with Crippen molar-refractivity contribution in [2.75, 3.05) is 58.9 Å². The van der Waals surface area contributed by atoms with Crippen molar-refractivity contribution in [2.45, 2.75) is 102 Å². The summed E-state index contributed by atoms with van der Waals surface area (Å²) < 4.78 is 4.27. The summed E-state index contributed by atoms with van der Waals surface area (Å²) in [5, 5.41) is 24.5. The number of carbonyl (C=O) groups is 2. The van der Waals surface area contributed by atoms with E-state index in [2.05, 4.69) is 49.0 Å². The minimum atomic E-state index is -0.0200. The van der Waals surface area contributed by atoms with Gasteiger partial charge in [-0.05, 0) is 50.9 Å². The number of carbonyl (C=O) groups excluding carboxylic acids is 2. The van der Waals surface area contributed by atoms with Gasteiger partial charge in [0.25, 0.3) is 0 Å². The lowest BCUT2D eigenvalue weighted by atomic mass is 10.0. The van der Waals surface area contributed by atoms with Crippen molar-refractivity contribution >= 4 is 35.3 Å². The quantitative estimate of drug-likeness (QED) is 0.267. The van der Waals surface area contributed by atoms with Gasteiger partial charge in [-0.15, -0.1) is 20.4 Å². The topological polar surface area (TPSA) is 184 Å². The van der Waals surface area contributed by atoms with E-state index in [4.69, 9.17) is 30.1 Å². The first kappa shape index (κ1) is 34.1. The van der Waals surface area contributed by atoms with Crippen LogP contribution >= 0.6 is 0 Å². The third-order valence-electron chi connectivity index (χ3n) is 12.6. The Morgan fingerprint density at radius 1 is 0.727 bits per heavy atom. The molecule has 2 saturated heterocycles. The molecule has 4 fully saturated rings. The van der Waals surface area contributed by atoms with Crippen LogP contribution in [0.4, 0.5) is 23.5 Å². The van der Waals surface area contributed by atoms with E-state index in [1.165, 1.54) is 12.8 Å². The fourth-order valence-corrected chi connectivity index (χ4v) is 10.0. The van der Waals surface area contributed by atoms with E-state index in [0.29, 0.717) is 50.0 Å². The third kappa shape index (κ3) is 5.73. The second kappa shape index (κ2) is 13.7. The van der Waals surface area contributed by atoms with Gasteiger partial charge in [0.15, 0.2) is 23.3 Å². The van der Waals surface area contributed by atoms with E-state index in [-0.39, 0.29) is 43.0 Å². The average Bonchev–Trinajstić information content (AvgIpc) is 4.05. The van der Waals surface area contributed by atoms with Crippen molar-refractivity contribution in [3.8, 4) is 11.4 Å². The maximum atomic E-state index is 12.3. The molecule has 0 spiro atoms. The molecule has 55 heavy (non-hydrogen) atoms. The van der Waals surface area contributed by atoms with Gasteiger partial charge in [0.2, 0.25) is 23.7 Å². The number of anilines is 4. The first-order valence-electron chi connectivity index (χ1n) is 20.2. The second-order valence-corrected chi connectivity index (χ2v) is 15.8. The highest BCUT2D eigenvalue weighted by Crippen LogP contribution is 2.47. The number of aromatic nitrogens is 10. The molecule has 18 heteroatoms. The van der Waals surface area contributed by atoms with Crippen molar-refractivity contribution in [3.63, 3.8) is 0 Å². The summed E-state index contributed by atoms with van der Waals surface area (Å²) in [4.78, 5) is 53.5. The van der Waals surface area contributed by atoms with Crippen LogP contribution < -0.4 is 30.2 Å². The second-order valence-electron chi connectivity index (χ2n) is 15.8. The maximum Gasteiger partial charge on any atom is 0.239 e. The number of hydrogen-bond donors (Lipinski definition) is 2. The number of rotatable bonds is 8. The summed E-state index contributed by atoms with van der Waals surface area (Å²) >= 11 is 0. The molecule has 2 amide bonds. The van der Waals surface area contributed by atoms with Crippen LogP contribution in [0.3, 0.4) is 0 Å². The number of piperazine rings is 2. The van der Waals surface area contributed by atoms with Gasteiger partial charge in [-0.3, -0.25) is 18.7 Å². The molecule has 2 saturated carbocycles. The molecule has 4 aromatic rings. The molecule has 0 radical (unpaired) electrons. The van der Waals surface area contributed by atoms with Gasteiger partial charge in [0.1, 0.15) is 23.5 Å². The van der Waals surface area contributed by atoms with E-state index in [1.54, 1.807) is 6.33 Å². The third-order valence-corrected chi connectivity index (χ3v) is 12.6. The Morgan fingerprint density at radius 2 is 1.36 bits per heavy atom. The number of nitrogens with zero attached hydrogens (tertiary/aromatic N) is 14. The van der Waals surface area contributed by atoms with Gasteiger partial charge in [-0.25, -0.2) is 9.97 Å². The Hall–Kier alpha value is -5.42. The van der Waals surface area contributed by atoms with Crippen LogP contribution in [-0.4, -0.2) is 113 Å². The summed E-state index contributed by atoms with van der Waals surface area (Å²) in [6.45, 7) is 7.41. The van der Waals surface area contributed by atoms with Gasteiger partial charge in [-0.2, -0.15) is 9.97 Å². The number of nitrogens with one attached hydrogen (secondary N) is 2.